The molecule has 0 saturated carbocycles. The van der Waals surface area contributed by atoms with E-state index in [0.29, 0.717) is 12.2 Å². The highest BCUT2D eigenvalue weighted by molar-refractivity contribution is 5.96. The van der Waals surface area contributed by atoms with Crippen molar-refractivity contribution in [3.05, 3.63) is 48.3 Å². The van der Waals surface area contributed by atoms with Crippen molar-refractivity contribution >= 4 is 28.7 Å². The minimum Gasteiger partial charge on any atom is -0.444 e. The summed E-state index contributed by atoms with van der Waals surface area (Å²) in [6.07, 6.45) is 3.39. The van der Waals surface area contributed by atoms with Gasteiger partial charge in [-0.15, -0.1) is 0 Å². The van der Waals surface area contributed by atoms with Crippen LogP contribution >= 0.6 is 0 Å². The Morgan fingerprint density at radius 1 is 1.17 bits per heavy atom. The van der Waals surface area contributed by atoms with Crippen LogP contribution in [0.1, 0.15) is 26.3 Å². The first-order valence-electron chi connectivity index (χ1n) is 9.45. The third-order valence-electron chi connectivity index (χ3n) is 4.38. The monoisotopic (exact) mass is 397 g/mol. The molecule has 3 aromatic rings. The first-order chi connectivity index (χ1) is 13.6. The van der Waals surface area contributed by atoms with Crippen LogP contribution in [0.2, 0.25) is 0 Å². The van der Waals surface area contributed by atoms with E-state index >= 15 is 0 Å². The van der Waals surface area contributed by atoms with E-state index in [1.54, 1.807) is 44.8 Å². The van der Waals surface area contributed by atoms with Gasteiger partial charge in [-0.3, -0.25) is 9.48 Å². The molecule has 1 atom stereocenters. The second-order valence-corrected chi connectivity index (χ2v) is 8.05. The molecule has 154 valence electrons. The Kier molecular flexibility index (Phi) is 5.63. The number of aryl methyl sites for hydroxylation is 2. The van der Waals surface area contributed by atoms with Crippen molar-refractivity contribution in [1.29, 1.82) is 0 Å². The fourth-order valence-corrected chi connectivity index (χ4v) is 3.16. The lowest BCUT2D eigenvalue weighted by Gasteiger charge is -2.23. The Morgan fingerprint density at radius 3 is 2.55 bits per heavy atom. The number of nitrogens with one attached hydrogen (secondary N) is 2. The lowest BCUT2D eigenvalue weighted by atomic mass is 10.0. The second kappa shape index (κ2) is 7.98. The molecule has 8 nitrogen and oxygen atoms in total. The average Bonchev–Trinajstić information content (AvgIpc) is 3.16. The van der Waals surface area contributed by atoms with Gasteiger partial charge in [0.25, 0.3) is 0 Å². The molecule has 2 heterocycles. The van der Waals surface area contributed by atoms with Crippen molar-refractivity contribution in [2.75, 3.05) is 5.32 Å². The molecular formula is C21H27N5O3. The van der Waals surface area contributed by atoms with Crippen LogP contribution in [-0.2, 0) is 30.0 Å². The highest BCUT2D eigenvalue weighted by atomic mass is 16.6. The molecule has 29 heavy (non-hydrogen) atoms. The number of amides is 2. The summed E-state index contributed by atoms with van der Waals surface area (Å²) in [6, 6.07) is 8.82. The highest BCUT2D eigenvalue weighted by Gasteiger charge is 2.26. The standard InChI is InChI=1S/C21H27N5O3/c1-21(2,3)29-20(28)22-16(19(27)23-18-10-11-26(5)24-18)12-14-13-25(4)17-9-7-6-8-15(14)17/h6-11,13,16H,12H2,1-5H3,(H,22,28)(H,23,24,27)/t16-/m1/s1. The van der Waals surface area contributed by atoms with Crippen LogP contribution in [-0.4, -0.2) is 38.0 Å². The molecule has 0 aliphatic rings. The zero-order valence-corrected chi connectivity index (χ0v) is 17.4. The number of benzene rings is 1. The van der Waals surface area contributed by atoms with Crippen molar-refractivity contribution < 1.29 is 14.3 Å². The summed E-state index contributed by atoms with van der Waals surface area (Å²) in [5.41, 5.74) is 1.36. The number of rotatable bonds is 5. The molecule has 0 saturated heterocycles. The molecular weight excluding hydrogens is 370 g/mol. The Hall–Kier alpha value is -3.29. The topological polar surface area (TPSA) is 90.2 Å². The van der Waals surface area contributed by atoms with Crippen LogP contribution in [0.4, 0.5) is 10.6 Å². The van der Waals surface area contributed by atoms with Gasteiger partial charge in [0.15, 0.2) is 5.82 Å². The number of anilines is 1. The second-order valence-electron chi connectivity index (χ2n) is 8.05. The SMILES string of the molecule is Cn1ccc(NC(=O)[C@@H](Cc2cn(C)c3ccccc23)NC(=O)OC(C)(C)C)n1. The number of carbonyl (C=O) groups excluding carboxylic acids is 2. The molecule has 8 heteroatoms. The van der Waals surface area contributed by atoms with E-state index in [1.807, 2.05) is 42.1 Å². The number of alkyl carbamates (subject to hydrolysis) is 1. The largest absolute Gasteiger partial charge is 0.444 e. The number of hydrogen-bond acceptors (Lipinski definition) is 4. The highest BCUT2D eigenvalue weighted by Crippen LogP contribution is 2.22. The number of ether oxygens (including phenoxy) is 1. The van der Waals surface area contributed by atoms with Gasteiger partial charge < -0.3 is 19.9 Å². The van der Waals surface area contributed by atoms with Gasteiger partial charge in [0.2, 0.25) is 5.91 Å². The maximum absolute atomic E-state index is 12.9. The van der Waals surface area contributed by atoms with Gasteiger partial charge in [0.05, 0.1) is 0 Å². The van der Waals surface area contributed by atoms with Crippen molar-refractivity contribution in [2.24, 2.45) is 14.1 Å². The van der Waals surface area contributed by atoms with Gasteiger partial charge in [0.1, 0.15) is 11.6 Å². The molecule has 0 aliphatic carbocycles. The maximum Gasteiger partial charge on any atom is 0.408 e. The molecule has 2 N–H and O–H groups in total. The van der Waals surface area contributed by atoms with Gasteiger partial charge in [-0.25, -0.2) is 4.79 Å². The lowest BCUT2D eigenvalue weighted by molar-refractivity contribution is -0.118. The van der Waals surface area contributed by atoms with Gasteiger partial charge in [-0.05, 0) is 32.4 Å². The Balaban J connectivity index is 1.84. The molecule has 0 spiro atoms. The minimum atomic E-state index is -0.822. The Labute approximate surface area is 169 Å². The number of hydrogen-bond donors (Lipinski definition) is 2. The minimum absolute atomic E-state index is 0.319. The van der Waals surface area contributed by atoms with Gasteiger partial charge >= 0.3 is 6.09 Å². The van der Waals surface area contributed by atoms with Crippen molar-refractivity contribution in [1.82, 2.24) is 19.7 Å². The normalized spacial score (nSPS) is 12.6. The van der Waals surface area contributed by atoms with Crippen molar-refractivity contribution in [3.8, 4) is 0 Å². The van der Waals surface area contributed by atoms with E-state index in [0.717, 1.165) is 16.5 Å². The Morgan fingerprint density at radius 2 is 1.90 bits per heavy atom. The summed E-state index contributed by atoms with van der Waals surface area (Å²) in [5, 5.41) is 10.7. The molecule has 0 bridgehead atoms. The van der Waals surface area contributed by atoms with Gasteiger partial charge in [0, 0.05) is 49.9 Å². The van der Waals surface area contributed by atoms with Crippen LogP contribution in [0.15, 0.2) is 42.7 Å². The first kappa shape index (κ1) is 20.4. The van der Waals surface area contributed by atoms with E-state index in [1.165, 1.54) is 0 Å². The number of aromatic nitrogens is 3. The molecule has 1 aromatic carbocycles. The predicted octanol–water partition coefficient (Wildman–Crippen LogP) is 2.99. The third kappa shape index (κ3) is 5.16. The van der Waals surface area contributed by atoms with Crippen LogP contribution in [0.5, 0.6) is 0 Å². The van der Waals surface area contributed by atoms with Crippen LogP contribution < -0.4 is 10.6 Å². The average molecular weight is 397 g/mol. The number of nitrogens with zero attached hydrogens (tertiary/aromatic N) is 3. The third-order valence-corrected chi connectivity index (χ3v) is 4.38. The molecule has 0 aliphatic heterocycles. The molecule has 0 fully saturated rings. The van der Waals surface area contributed by atoms with Gasteiger partial charge in [-0.1, -0.05) is 18.2 Å². The lowest BCUT2D eigenvalue weighted by Crippen LogP contribution is -2.47. The number of fused-ring (bicyclic) bond motifs is 1. The number of para-hydroxylation sites is 1. The summed E-state index contributed by atoms with van der Waals surface area (Å²) in [4.78, 5) is 25.3. The van der Waals surface area contributed by atoms with E-state index in [2.05, 4.69) is 15.7 Å². The molecule has 0 unspecified atom stereocenters. The summed E-state index contributed by atoms with van der Waals surface area (Å²) in [5.74, 6) is 0.0638. The van der Waals surface area contributed by atoms with Gasteiger partial charge in [-0.2, -0.15) is 5.10 Å². The summed E-state index contributed by atoms with van der Waals surface area (Å²) >= 11 is 0. The first-order valence-corrected chi connectivity index (χ1v) is 9.45. The number of carbonyl (C=O) groups is 2. The van der Waals surface area contributed by atoms with E-state index in [4.69, 9.17) is 4.74 Å². The van der Waals surface area contributed by atoms with Crippen LogP contribution in [0.3, 0.4) is 0 Å². The van der Waals surface area contributed by atoms with Crippen molar-refractivity contribution in [2.45, 2.75) is 38.8 Å². The fourth-order valence-electron chi connectivity index (χ4n) is 3.16. The van der Waals surface area contributed by atoms with E-state index in [-0.39, 0.29) is 5.91 Å². The van der Waals surface area contributed by atoms with E-state index < -0.39 is 17.7 Å². The molecule has 2 aromatic heterocycles. The molecule has 2 amide bonds. The summed E-state index contributed by atoms with van der Waals surface area (Å²) in [7, 11) is 3.72. The molecule has 3 rings (SSSR count). The maximum atomic E-state index is 12.9. The summed E-state index contributed by atoms with van der Waals surface area (Å²) in [6.45, 7) is 5.33. The fraction of sp³-hybridized carbons (Fsp3) is 0.381. The van der Waals surface area contributed by atoms with Crippen LogP contribution in [0, 0.1) is 0 Å². The smallest absolute Gasteiger partial charge is 0.408 e. The quantitative estimate of drug-likeness (QED) is 0.693. The van der Waals surface area contributed by atoms with Crippen molar-refractivity contribution in [3.63, 3.8) is 0 Å². The molecule has 0 radical (unpaired) electrons. The zero-order valence-electron chi connectivity index (χ0n) is 17.4. The van der Waals surface area contributed by atoms with Crippen LogP contribution in [0.25, 0.3) is 10.9 Å². The van der Waals surface area contributed by atoms with E-state index in [9.17, 15) is 9.59 Å². The summed E-state index contributed by atoms with van der Waals surface area (Å²) < 4.78 is 8.95. The Bertz CT molecular complexity index is 1030. The zero-order chi connectivity index (χ0) is 21.2. The predicted molar refractivity (Wildman–Crippen MR) is 112 cm³/mol.